The van der Waals surface area contributed by atoms with Crippen LogP contribution in [0.4, 0.5) is 8.78 Å². The third-order valence-electron chi connectivity index (χ3n) is 2.91. The Morgan fingerprint density at radius 2 is 1.94 bits per heavy atom. The van der Waals surface area contributed by atoms with Gasteiger partial charge in [0.1, 0.15) is 0 Å². The highest BCUT2D eigenvalue weighted by atomic mass is 19.2. The summed E-state index contributed by atoms with van der Waals surface area (Å²) in [5.41, 5.74) is 0.438. The summed E-state index contributed by atoms with van der Waals surface area (Å²) < 4.78 is 26.2. The largest absolute Gasteiger partial charge is 0.315 e. The van der Waals surface area contributed by atoms with Crippen LogP contribution in [0.25, 0.3) is 0 Å². The molecule has 0 atom stereocenters. The predicted molar refractivity (Wildman–Crippen MR) is 64.0 cm³/mol. The lowest BCUT2D eigenvalue weighted by Gasteiger charge is -2.06. The number of hydrogen-bond acceptors (Lipinski definition) is 2. The van der Waals surface area contributed by atoms with Crippen LogP contribution in [0.5, 0.6) is 0 Å². The van der Waals surface area contributed by atoms with Crippen LogP contribution in [-0.4, -0.2) is 25.7 Å². The maximum atomic E-state index is 13.3. The smallest absolute Gasteiger partial charge is 0.162 e. The minimum absolute atomic E-state index is 0.438. The van der Waals surface area contributed by atoms with E-state index in [0.717, 1.165) is 25.2 Å². The highest BCUT2D eigenvalue weighted by Gasteiger charge is 2.19. The molecule has 1 saturated carbocycles. The number of benzene rings is 1. The molecule has 1 aromatic carbocycles. The van der Waals surface area contributed by atoms with E-state index < -0.39 is 11.6 Å². The van der Waals surface area contributed by atoms with Crippen LogP contribution < -0.4 is 10.6 Å². The lowest BCUT2D eigenvalue weighted by Crippen LogP contribution is -2.29. The molecule has 0 amide bonds. The quantitative estimate of drug-likeness (QED) is 0.711. The first-order chi connectivity index (χ1) is 8.27. The van der Waals surface area contributed by atoms with Crippen molar-refractivity contribution in [1.82, 2.24) is 10.6 Å². The van der Waals surface area contributed by atoms with Gasteiger partial charge in [0.15, 0.2) is 11.6 Å². The molecule has 94 valence electrons. The van der Waals surface area contributed by atoms with Gasteiger partial charge >= 0.3 is 0 Å². The van der Waals surface area contributed by atoms with Gasteiger partial charge in [0, 0.05) is 19.1 Å². The molecule has 0 unspecified atom stereocenters. The number of rotatable bonds is 7. The highest BCUT2D eigenvalue weighted by molar-refractivity contribution is 5.19. The second-order valence-electron chi connectivity index (χ2n) is 4.44. The van der Waals surface area contributed by atoms with Crippen LogP contribution in [0, 0.1) is 11.6 Å². The molecule has 1 fully saturated rings. The predicted octanol–water partition coefficient (Wildman–Crippen LogP) is 1.85. The van der Waals surface area contributed by atoms with E-state index in [4.69, 9.17) is 0 Å². The van der Waals surface area contributed by atoms with E-state index in [0.29, 0.717) is 18.5 Å². The first kappa shape index (κ1) is 12.5. The van der Waals surface area contributed by atoms with Gasteiger partial charge in [-0.05, 0) is 37.4 Å². The van der Waals surface area contributed by atoms with E-state index in [2.05, 4.69) is 10.6 Å². The SMILES string of the molecule is Fc1cccc(CCNCCNC2CC2)c1F. The molecule has 0 heterocycles. The average Bonchev–Trinajstić information content (AvgIpc) is 3.12. The van der Waals surface area contributed by atoms with E-state index in [1.165, 1.54) is 12.8 Å². The van der Waals surface area contributed by atoms with Gasteiger partial charge in [0.25, 0.3) is 0 Å². The van der Waals surface area contributed by atoms with Gasteiger partial charge in [0.2, 0.25) is 0 Å². The van der Waals surface area contributed by atoms with Crippen molar-refractivity contribution in [3.05, 3.63) is 35.4 Å². The fraction of sp³-hybridized carbons (Fsp3) is 0.538. The molecule has 0 spiro atoms. The summed E-state index contributed by atoms with van der Waals surface area (Å²) in [5, 5.41) is 6.59. The molecule has 17 heavy (non-hydrogen) atoms. The van der Waals surface area contributed by atoms with Crippen molar-refractivity contribution in [2.24, 2.45) is 0 Å². The van der Waals surface area contributed by atoms with Crippen molar-refractivity contribution in [1.29, 1.82) is 0 Å². The molecule has 2 nitrogen and oxygen atoms in total. The monoisotopic (exact) mass is 240 g/mol. The van der Waals surface area contributed by atoms with E-state index >= 15 is 0 Å². The lowest BCUT2D eigenvalue weighted by atomic mass is 10.1. The molecule has 2 N–H and O–H groups in total. The zero-order valence-corrected chi connectivity index (χ0v) is 9.81. The van der Waals surface area contributed by atoms with Gasteiger partial charge in [-0.2, -0.15) is 0 Å². The molecule has 1 aliphatic carbocycles. The summed E-state index contributed by atoms with van der Waals surface area (Å²) >= 11 is 0. The van der Waals surface area contributed by atoms with E-state index in [1.807, 2.05) is 0 Å². The van der Waals surface area contributed by atoms with Gasteiger partial charge in [-0.1, -0.05) is 12.1 Å². The Labute approximate surface area is 100 Å². The van der Waals surface area contributed by atoms with Crippen molar-refractivity contribution in [2.45, 2.75) is 25.3 Å². The van der Waals surface area contributed by atoms with Crippen molar-refractivity contribution in [3.8, 4) is 0 Å². The Balaban J connectivity index is 1.61. The standard InChI is InChI=1S/C13H18F2N2/c14-12-3-1-2-10(13(12)15)6-7-16-8-9-17-11-4-5-11/h1-3,11,16-17H,4-9H2. The van der Waals surface area contributed by atoms with Crippen LogP contribution in [0.2, 0.25) is 0 Å². The van der Waals surface area contributed by atoms with Gasteiger partial charge in [0.05, 0.1) is 0 Å². The fourth-order valence-corrected chi connectivity index (χ4v) is 1.74. The van der Waals surface area contributed by atoms with Crippen LogP contribution >= 0.6 is 0 Å². The van der Waals surface area contributed by atoms with Crippen LogP contribution in [0.1, 0.15) is 18.4 Å². The summed E-state index contributed by atoms with van der Waals surface area (Å²) in [7, 11) is 0. The molecule has 0 saturated heterocycles. The molecule has 0 aromatic heterocycles. The van der Waals surface area contributed by atoms with Crippen LogP contribution in [0.3, 0.4) is 0 Å². The average molecular weight is 240 g/mol. The molecule has 0 bridgehead atoms. The number of hydrogen-bond donors (Lipinski definition) is 2. The first-order valence-corrected chi connectivity index (χ1v) is 6.14. The molecule has 1 aliphatic rings. The van der Waals surface area contributed by atoms with E-state index in [1.54, 1.807) is 12.1 Å². The topological polar surface area (TPSA) is 24.1 Å². The summed E-state index contributed by atoms with van der Waals surface area (Å²) in [6.45, 7) is 2.48. The first-order valence-electron chi connectivity index (χ1n) is 6.14. The maximum absolute atomic E-state index is 13.3. The van der Waals surface area contributed by atoms with Crippen molar-refractivity contribution in [2.75, 3.05) is 19.6 Å². The molecular formula is C13H18F2N2. The summed E-state index contributed by atoms with van der Waals surface area (Å²) in [5.74, 6) is -1.48. The second kappa shape index (κ2) is 6.07. The second-order valence-corrected chi connectivity index (χ2v) is 4.44. The van der Waals surface area contributed by atoms with Crippen LogP contribution in [-0.2, 0) is 6.42 Å². The zero-order chi connectivity index (χ0) is 12.1. The summed E-state index contributed by atoms with van der Waals surface area (Å²) in [6, 6.07) is 5.04. The minimum atomic E-state index is -0.766. The molecule has 1 aromatic rings. The van der Waals surface area contributed by atoms with Gasteiger partial charge in [-0.15, -0.1) is 0 Å². The third kappa shape index (κ3) is 4.06. The minimum Gasteiger partial charge on any atom is -0.315 e. The number of halogens is 2. The Hall–Kier alpha value is -1.00. The van der Waals surface area contributed by atoms with Crippen molar-refractivity contribution < 1.29 is 8.78 Å². The lowest BCUT2D eigenvalue weighted by molar-refractivity contribution is 0.496. The van der Waals surface area contributed by atoms with Crippen molar-refractivity contribution >= 4 is 0 Å². The normalized spacial score (nSPS) is 15.2. The Bertz CT molecular complexity index is 364. The Morgan fingerprint density at radius 3 is 2.71 bits per heavy atom. The molecule has 0 aliphatic heterocycles. The Morgan fingerprint density at radius 1 is 1.12 bits per heavy atom. The molecular weight excluding hydrogens is 222 g/mol. The molecule has 0 radical (unpaired) electrons. The van der Waals surface area contributed by atoms with E-state index in [9.17, 15) is 8.78 Å². The molecule has 4 heteroatoms. The number of nitrogens with one attached hydrogen (secondary N) is 2. The Kier molecular flexibility index (Phi) is 4.45. The fourth-order valence-electron chi connectivity index (χ4n) is 1.74. The van der Waals surface area contributed by atoms with Gasteiger partial charge in [-0.3, -0.25) is 0 Å². The third-order valence-corrected chi connectivity index (χ3v) is 2.91. The van der Waals surface area contributed by atoms with Crippen LogP contribution in [0.15, 0.2) is 18.2 Å². The summed E-state index contributed by atoms with van der Waals surface area (Å²) in [4.78, 5) is 0. The maximum Gasteiger partial charge on any atom is 0.162 e. The highest BCUT2D eigenvalue weighted by Crippen LogP contribution is 2.17. The van der Waals surface area contributed by atoms with Gasteiger partial charge in [-0.25, -0.2) is 8.78 Å². The van der Waals surface area contributed by atoms with E-state index in [-0.39, 0.29) is 0 Å². The van der Waals surface area contributed by atoms with Crippen molar-refractivity contribution in [3.63, 3.8) is 0 Å². The molecule has 2 rings (SSSR count). The van der Waals surface area contributed by atoms with Gasteiger partial charge < -0.3 is 10.6 Å². The summed E-state index contributed by atoms with van der Waals surface area (Å²) in [6.07, 6.45) is 3.09. The zero-order valence-electron chi connectivity index (χ0n) is 9.81.